The number of hydrogen-bond donors (Lipinski definition) is 1. The summed E-state index contributed by atoms with van der Waals surface area (Å²) in [5, 5.41) is 11.1. The third-order valence-corrected chi connectivity index (χ3v) is 8.27. The van der Waals surface area contributed by atoms with Crippen LogP contribution in [0.15, 0.2) is 30.5 Å². The number of halogens is 3. The first-order valence-corrected chi connectivity index (χ1v) is 13.3. The van der Waals surface area contributed by atoms with Gasteiger partial charge in [0.2, 0.25) is 11.9 Å². The maximum absolute atomic E-state index is 14.0. The van der Waals surface area contributed by atoms with Crippen LogP contribution >= 0.6 is 36.4 Å². The number of fused-ring (bicyclic) bond motifs is 1. The molecule has 5 rings (SSSR count). The quantitative estimate of drug-likeness (QED) is 0.556. The molecule has 2 saturated heterocycles. The second kappa shape index (κ2) is 12.5. The largest absolute Gasteiger partial charge is 0.387 e. The molecule has 1 aliphatic carbocycles. The first-order chi connectivity index (χ1) is 16.8. The van der Waals surface area contributed by atoms with E-state index in [1.54, 1.807) is 0 Å². The molecule has 0 bridgehead atoms. The van der Waals surface area contributed by atoms with Gasteiger partial charge in [-0.3, -0.25) is 9.69 Å². The summed E-state index contributed by atoms with van der Waals surface area (Å²) in [6.07, 6.45) is 4.21. The Kier molecular flexibility index (Phi) is 10.1. The van der Waals surface area contributed by atoms with Crippen LogP contribution in [-0.4, -0.2) is 75.6 Å². The minimum atomic E-state index is -0.514. The fraction of sp³-hybridized carbons (Fsp3) is 0.593. The van der Waals surface area contributed by atoms with Crippen molar-refractivity contribution < 1.29 is 9.90 Å². The SMILES string of the molecule is CC(C)N1CCC[C@H]1[C@@H](C(=O)N1CCN(c2ncc3c(n2)[C@H](O)C[C@H]3C)CC1)c1ccc(Cl)cc1.Cl.Cl. The zero-order valence-corrected chi connectivity index (χ0v) is 24.1. The molecule has 1 N–H and O–H groups in total. The lowest BCUT2D eigenvalue weighted by atomic mass is 9.87. The molecule has 4 atom stereocenters. The van der Waals surface area contributed by atoms with Gasteiger partial charge < -0.3 is 14.9 Å². The summed E-state index contributed by atoms with van der Waals surface area (Å²) < 4.78 is 0. The smallest absolute Gasteiger partial charge is 0.231 e. The van der Waals surface area contributed by atoms with Gasteiger partial charge in [-0.25, -0.2) is 9.97 Å². The number of anilines is 1. The first kappa shape index (κ1) is 29.9. The molecule has 0 unspecified atom stereocenters. The number of aliphatic hydroxyl groups excluding tert-OH is 1. The van der Waals surface area contributed by atoms with E-state index in [4.69, 9.17) is 16.6 Å². The average Bonchev–Trinajstić information content (AvgIpc) is 3.45. The molecule has 1 aromatic heterocycles. The Morgan fingerprint density at radius 1 is 1.08 bits per heavy atom. The minimum absolute atomic E-state index is 0. The van der Waals surface area contributed by atoms with E-state index in [1.165, 1.54) is 0 Å². The van der Waals surface area contributed by atoms with Crippen LogP contribution in [0.2, 0.25) is 5.02 Å². The molecule has 0 saturated carbocycles. The van der Waals surface area contributed by atoms with E-state index >= 15 is 0 Å². The standard InChI is InChI=1S/C27H36ClN5O2.2ClH/c1-17(2)33-10-4-5-22(33)24(19-6-8-20(28)9-7-19)26(35)31-11-13-32(14-12-31)27-29-16-21-18(3)15-23(34)25(21)30-27;;/h6-9,16-18,22-24,34H,4-5,10-15H2,1-3H3;2*1H/t18-,22+,23-,24+;;/m1../s1. The highest BCUT2D eigenvalue weighted by Gasteiger charge is 2.40. The number of carbonyl (C=O) groups excluding carboxylic acids is 1. The van der Waals surface area contributed by atoms with E-state index in [2.05, 4.69) is 35.6 Å². The maximum atomic E-state index is 14.0. The number of aromatic nitrogens is 2. The van der Waals surface area contributed by atoms with E-state index < -0.39 is 6.10 Å². The molecule has 204 valence electrons. The lowest BCUT2D eigenvalue weighted by Gasteiger charge is -2.40. The fourth-order valence-corrected chi connectivity index (χ4v) is 6.23. The van der Waals surface area contributed by atoms with Crippen molar-refractivity contribution in [2.45, 2.75) is 70.1 Å². The number of nitrogens with zero attached hydrogens (tertiary/aromatic N) is 5. The summed E-state index contributed by atoms with van der Waals surface area (Å²) in [5.41, 5.74) is 2.86. The second-order valence-electron chi connectivity index (χ2n) is 10.5. The number of hydrogen-bond acceptors (Lipinski definition) is 6. The average molecular weight is 571 g/mol. The summed E-state index contributed by atoms with van der Waals surface area (Å²) in [7, 11) is 0. The Bertz CT molecular complexity index is 1060. The molecule has 0 spiro atoms. The summed E-state index contributed by atoms with van der Waals surface area (Å²) in [6.45, 7) is 10.2. The molecular formula is C27H38Cl3N5O2. The maximum Gasteiger partial charge on any atom is 0.231 e. The molecule has 2 aliphatic heterocycles. The molecule has 0 radical (unpaired) electrons. The van der Waals surface area contributed by atoms with Crippen molar-refractivity contribution in [1.29, 1.82) is 0 Å². The van der Waals surface area contributed by atoms with E-state index in [0.717, 1.165) is 36.2 Å². The van der Waals surface area contributed by atoms with Crippen molar-refractivity contribution in [3.8, 4) is 0 Å². The zero-order valence-electron chi connectivity index (χ0n) is 21.7. The number of likely N-dealkylation sites (tertiary alicyclic amines) is 1. The van der Waals surface area contributed by atoms with Crippen molar-refractivity contribution in [2.75, 3.05) is 37.6 Å². The third-order valence-electron chi connectivity index (χ3n) is 8.02. The van der Waals surface area contributed by atoms with Gasteiger partial charge in [0.1, 0.15) is 0 Å². The molecule has 37 heavy (non-hydrogen) atoms. The lowest BCUT2D eigenvalue weighted by Crippen LogP contribution is -2.53. The van der Waals surface area contributed by atoms with Gasteiger partial charge in [0.25, 0.3) is 0 Å². The van der Waals surface area contributed by atoms with Gasteiger partial charge in [-0.05, 0) is 68.8 Å². The van der Waals surface area contributed by atoms with Gasteiger partial charge in [-0.1, -0.05) is 30.7 Å². The second-order valence-corrected chi connectivity index (χ2v) is 11.0. The summed E-state index contributed by atoms with van der Waals surface area (Å²) in [4.78, 5) is 29.9. The van der Waals surface area contributed by atoms with Crippen LogP contribution in [0.5, 0.6) is 0 Å². The van der Waals surface area contributed by atoms with E-state index in [9.17, 15) is 9.90 Å². The van der Waals surface area contributed by atoms with Crippen molar-refractivity contribution in [1.82, 2.24) is 19.8 Å². The third kappa shape index (κ3) is 6.01. The van der Waals surface area contributed by atoms with Crippen LogP contribution in [0.25, 0.3) is 0 Å². The summed E-state index contributed by atoms with van der Waals surface area (Å²) in [6, 6.07) is 8.42. The van der Waals surface area contributed by atoms with Crippen LogP contribution in [0.3, 0.4) is 0 Å². The van der Waals surface area contributed by atoms with Crippen LogP contribution in [-0.2, 0) is 4.79 Å². The molecule has 3 heterocycles. The van der Waals surface area contributed by atoms with Crippen LogP contribution in [0.4, 0.5) is 5.95 Å². The lowest BCUT2D eigenvalue weighted by molar-refractivity contribution is -0.134. The van der Waals surface area contributed by atoms with Gasteiger partial charge in [0.15, 0.2) is 0 Å². The van der Waals surface area contributed by atoms with Crippen LogP contribution < -0.4 is 4.90 Å². The highest BCUT2D eigenvalue weighted by molar-refractivity contribution is 6.30. The number of rotatable bonds is 5. The molecule has 2 fully saturated rings. The Balaban J connectivity index is 0.00000190. The predicted molar refractivity (Wildman–Crippen MR) is 152 cm³/mol. The number of benzene rings is 1. The number of aliphatic hydroxyl groups is 1. The van der Waals surface area contributed by atoms with Crippen LogP contribution in [0, 0.1) is 0 Å². The zero-order chi connectivity index (χ0) is 24.7. The Morgan fingerprint density at radius 3 is 2.41 bits per heavy atom. The number of piperazine rings is 1. The Hall–Kier alpha value is -1.64. The van der Waals surface area contributed by atoms with Gasteiger partial charge in [0.05, 0.1) is 17.7 Å². The fourth-order valence-electron chi connectivity index (χ4n) is 6.10. The first-order valence-electron chi connectivity index (χ1n) is 12.9. The molecule has 2 aromatic rings. The van der Waals surface area contributed by atoms with Crippen molar-refractivity contribution >= 4 is 48.3 Å². The molecule has 1 amide bonds. The molecule has 10 heteroatoms. The topological polar surface area (TPSA) is 72.8 Å². The van der Waals surface area contributed by atoms with Crippen LogP contribution in [0.1, 0.15) is 74.8 Å². The summed E-state index contributed by atoms with van der Waals surface area (Å²) >= 11 is 6.17. The van der Waals surface area contributed by atoms with Crippen molar-refractivity contribution in [3.05, 3.63) is 52.3 Å². The minimum Gasteiger partial charge on any atom is -0.387 e. The Morgan fingerprint density at radius 2 is 1.76 bits per heavy atom. The van der Waals surface area contributed by atoms with Gasteiger partial charge in [-0.2, -0.15) is 0 Å². The normalized spacial score (nSPS) is 24.4. The molecule has 1 aromatic carbocycles. The van der Waals surface area contributed by atoms with Crippen molar-refractivity contribution in [2.24, 2.45) is 0 Å². The van der Waals surface area contributed by atoms with E-state index in [1.807, 2.05) is 35.4 Å². The van der Waals surface area contributed by atoms with E-state index in [-0.39, 0.29) is 48.6 Å². The number of carbonyl (C=O) groups is 1. The molecular weight excluding hydrogens is 533 g/mol. The summed E-state index contributed by atoms with van der Waals surface area (Å²) in [5.74, 6) is 0.939. The highest BCUT2D eigenvalue weighted by Crippen LogP contribution is 2.39. The number of amides is 1. The van der Waals surface area contributed by atoms with Gasteiger partial charge in [-0.15, -0.1) is 24.8 Å². The van der Waals surface area contributed by atoms with Gasteiger partial charge >= 0.3 is 0 Å². The monoisotopic (exact) mass is 569 g/mol. The highest BCUT2D eigenvalue weighted by atomic mass is 35.5. The van der Waals surface area contributed by atoms with Gasteiger partial charge in [0, 0.05) is 49.5 Å². The predicted octanol–water partition coefficient (Wildman–Crippen LogP) is 4.82. The van der Waals surface area contributed by atoms with Crippen molar-refractivity contribution in [3.63, 3.8) is 0 Å². The Labute approximate surface area is 237 Å². The molecule has 7 nitrogen and oxygen atoms in total. The molecule has 3 aliphatic rings. The van der Waals surface area contributed by atoms with E-state index in [0.29, 0.717) is 49.6 Å².